The Morgan fingerprint density at radius 1 is 1.31 bits per heavy atom. The highest BCUT2D eigenvalue weighted by Gasteiger charge is 2.14. The van der Waals surface area contributed by atoms with Crippen LogP contribution in [0.4, 0.5) is 5.88 Å². The van der Waals surface area contributed by atoms with Crippen molar-refractivity contribution in [3.05, 3.63) is 30.0 Å². The fourth-order valence-corrected chi connectivity index (χ4v) is 2.75. The molecule has 0 atom stereocenters. The van der Waals surface area contributed by atoms with Crippen LogP contribution >= 0.6 is 11.8 Å². The van der Waals surface area contributed by atoms with Crippen LogP contribution in [0, 0.1) is 6.92 Å². The Bertz CT molecular complexity index is 908. The summed E-state index contributed by atoms with van der Waals surface area (Å²) >= 11 is 1.20. The van der Waals surface area contributed by atoms with E-state index >= 15 is 0 Å². The van der Waals surface area contributed by atoms with Crippen molar-refractivity contribution in [1.29, 1.82) is 0 Å². The number of methoxy groups -OCH3 is 2. The second-order valence-electron chi connectivity index (χ2n) is 5.20. The minimum atomic E-state index is -0.237. The van der Waals surface area contributed by atoms with Crippen molar-refractivity contribution in [3.63, 3.8) is 0 Å². The molecule has 3 aromatic rings. The first-order chi connectivity index (χ1) is 12.6. The molecular formula is C16H17N5O4S. The van der Waals surface area contributed by atoms with E-state index in [1.165, 1.54) is 11.8 Å². The van der Waals surface area contributed by atoms with Crippen molar-refractivity contribution in [2.24, 2.45) is 0 Å². The van der Waals surface area contributed by atoms with Crippen LogP contribution in [-0.2, 0) is 4.79 Å². The maximum absolute atomic E-state index is 11.9. The summed E-state index contributed by atoms with van der Waals surface area (Å²) in [4.78, 5) is 16.3. The van der Waals surface area contributed by atoms with E-state index in [2.05, 4.69) is 25.7 Å². The summed E-state index contributed by atoms with van der Waals surface area (Å²) in [6.45, 7) is 1.77. The third kappa shape index (κ3) is 4.14. The fourth-order valence-electron chi connectivity index (χ4n) is 2.15. The van der Waals surface area contributed by atoms with Gasteiger partial charge >= 0.3 is 0 Å². The Labute approximate surface area is 153 Å². The lowest BCUT2D eigenvalue weighted by Crippen LogP contribution is -2.13. The monoisotopic (exact) mass is 375 g/mol. The zero-order valence-electron chi connectivity index (χ0n) is 14.4. The Morgan fingerprint density at radius 2 is 2.15 bits per heavy atom. The summed E-state index contributed by atoms with van der Waals surface area (Å²) in [5, 5.41) is 13.7. The average molecular weight is 375 g/mol. The molecule has 0 saturated heterocycles. The first kappa shape index (κ1) is 17.8. The van der Waals surface area contributed by atoms with Crippen LogP contribution in [0.2, 0.25) is 0 Å². The highest BCUT2D eigenvalue weighted by atomic mass is 32.2. The van der Waals surface area contributed by atoms with Gasteiger partial charge in [0, 0.05) is 12.1 Å². The SMILES string of the molecule is COc1ccc(-c2nc(SCC(=O)Nc3cc(C)no3)n[nH]2)c(OC)c1. The molecule has 2 N–H and O–H groups in total. The van der Waals surface area contributed by atoms with Gasteiger partial charge in [-0.1, -0.05) is 16.9 Å². The molecule has 10 heteroatoms. The predicted octanol–water partition coefficient (Wildman–Crippen LogP) is 2.52. The highest BCUT2D eigenvalue weighted by Crippen LogP contribution is 2.31. The number of amides is 1. The molecule has 136 valence electrons. The lowest BCUT2D eigenvalue weighted by Gasteiger charge is -2.07. The van der Waals surface area contributed by atoms with Gasteiger partial charge in [0.15, 0.2) is 5.82 Å². The minimum absolute atomic E-state index is 0.136. The number of anilines is 1. The van der Waals surface area contributed by atoms with Crippen molar-refractivity contribution >= 4 is 23.6 Å². The molecule has 1 amide bonds. The van der Waals surface area contributed by atoms with Gasteiger partial charge in [-0.05, 0) is 19.1 Å². The standard InChI is InChI=1S/C16H17N5O4S/c1-9-6-14(25-21-9)17-13(22)8-26-16-18-15(19-20-16)11-5-4-10(23-2)7-12(11)24-3/h4-7H,8H2,1-3H3,(H,17,22)(H,18,19,20). The van der Waals surface area contributed by atoms with Crippen LogP contribution in [0.15, 0.2) is 33.9 Å². The normalized spacial score (nSPS) is 10.6. The largest absolute Gasteiger partial charge is 0.497 e. The van der Waals surface area contributed by atoms with Crippen molar-refractivity contribution in [1.82, 2.24) is 20.3 Å². The summed E-state index contributed by atoms with van der Waals surface area (Å²) in [6, 6.07) is 7.03. The minimum Gasteiger partial charge on any atom is -0.497 e. The predicted molar refractivity (Wildman–Crippen MR) is 95.5 cm³/mol. The van der Waals surface area contributed by atoms with Crippen molar-refractivity contribution in [2.75, 3.05) is 25.3 Å². The molecule has 26 heavy (non-hydrogen) atoms. The molecule has 0 spiro atoms. The third-order valence-electron chi connectivity index (χ3n) is 3.35. The topological polar surface area (TPSA) is 115 Å². The smallest absolute Gasteiger partial charge is 0.237 e. The Balaban J connectivity index is 1.64. The third-order valence-corrected chi connectivity index (χ3v) is 4.20. The second-order valence-corrected chi connectivity index (χ2v) is 6.14. The maximum Gasteiger partial charge on any atom is 0.237 e. The van der Waals surface area contributed by atoms with Crippen LogP contribution in [0.3, 0.4) is 0 Å². The molecule has 1 aromatic carbocycles. The van der Waals surface area contributed by atoms with Crippen molar-refractivity contribution < 1.29 is 18.8 Å². The number of carbonyl (C=O) groups is 1. The molecular weight excluding hydrogens is 358 g/mol. The number of carbonyl (C=O) groups excluding carboxylic acids is 1. The van der Waals surface area contributed by atoms with E-state index in [4.69, 9.17) is 14.0 Å². The fraction of sp³-hybridized carbons (Fsp3) is 0.250. The zero-order valence-corrected chi connectivity index (χ0v) is 15.2. The van der Waals surface area contributed by atoms with Gasteiger partial charge in [0.2, 0.25) is 16.9 Å². The number of hydrogen-bond donors (Lipinski definition) is 2. The summed E-state index contributed by atoms with van der Waals surface area (Å²) in [5.74, 6) is 2.04. The van der Waals surface area contributed by atoms with Crippen molar-refractivity contribution in [2.45, 2.75) is 12.1 Å². The first-order valence-electron chi connectivity index (χ1n) is 7.60. The van der Waals surface area contributed by atoms with E-state index < -0.39 is 0 Å². The van der Waals surface area contributed by atoms with Crippen LogP contribution in [-0.4, -0.2) is 46.2 Å². The van der Waals surface area contributed by atoms with Gasteiger partial charge in [-0.25, -0.2) is 4.98 Å². The van der Waals surface area contributed by atoms with E-state index in [0.717, 1.165) is 5.56 Å². The molecule has 0 saturated carbocycles. The first-order valence-corrected chi connectivity index (χ1v) is 8.58. The Hall–Kier alpha value is -3.01. The number of benzene rings is 1. The Kier molecular flexibility index (Phi) is 5.42. The summed E-state index contributed by atoms with van der Waals surface area (Å²) in [5.41, 5.74) is 1.44. The van der Waals surface area contributed by atoms with Crippen LogP contribution in [0.1, 0.15) is 5.69 Å². The molecule has 0 aliphatic rings. The summed E-state index contributed by atoms with van der Waals surface area (Å²) < 4.78 is 15.5. The second kappa shape index (κ2) is 7.91. The van der Waals surface area contributed by atoms with Crippen LogP contribution < -0.4 is 14.8 Å². The van der Waals surface area contributed by atoms with E-state index in [0.29, 0.717) is 34.1 Å². The molecule has 2 heterocycles. The summed E-state index contributed by atoms with van der Waals surface area (Å²) in [7, 11) is 3.16. The van der Waals surface area contributed by atoms with Gasteiger partial charge in [-0.15, -0.1) is 5.10 Å². The molecule has 0 unspecified atom stereocenters. The van der Waals surface area contributed by atoms with E-state index in [9.17, 15) is 4.79 Å². The van der Waals surface area contributed by atoms with Gasteiger partial charge < -0.3 is 14.0 Å². The van der Waals surface area contributed by atoms with E-state index in [1.54, 1.807) is 39.3 Å². The maximum atomic E-state index is 11.9. The van der Waals surface area contributed by atoms with Crippen LogP contribution in [0.25, 0.3) is 11.4 Å². The zero-order chi connectivity index (χ0) is 18.5. The molecule has 9 nitrogen and oxygen atoms in total. The summed E-state index contributed by atoms with van der Waals surface area (Å²) in [6.07, 6.45) is 0. The molecule has 0 fully saturated rings. The Morgan fingerprint density at radius 3 is 2.85 bits per heavy atom. The molecule has 3 rings (SSSR count). The highest BCUT2D eigenvalue weighted by molar-refractivity contribution is 7.99. The van der Waals surface area contributed by atoms with E-state index in [-0.39, 0.29) is 11.7 Å². The van der Waals surface area contributed by atoms with Gasteiger partial charge in [-0.3, -0.25) is 15.2 Å². The number of nitrogens with zero attached hydrogens (tertiary/aromatic N) is 3. The van der Waals surface area contributed by atoms with Crippen molar-refractivity contribution in [3.8, 4) is 22.9 Å². The average Bonchev–Trinajstić information content (AvgIpc) is 3.28. The number of aromatic nitrogens is 4. The number of thioether (sulfide) groups is 1. The number of ether oxygens (including phenoxy) is 2. The number of nitrogens with one attached hydrogen (secondary N) is 2. The molecule has 0 radical (unpaired) electrons. The number of rotatable bonds is 7. The lowest BCUT2D eigenvalue weighted by atomic mass is 10.2. The van der Waals surface area contributed by atoms with Gasteiger partial charge in [-0.2, -0.15) is 0 Å². The number of hydrogen-bond acceptors (Lipinski definition) is 8. The van der Waals surface area contributed by atoms with E-state index in [1.807, 2.05) is 6.07 Å². The number of aromatic amines is 1. The lowest BCUT2D eigenvalue weighted by molar-refractivity contribution is -0.113. The molecule has 0 bridgehead atoms. The van der Waals surface area contributed by atoms with Gasteiger partial charge in [0.25, 0.3) is 0 Å². The quantitative estimate of drug-likeness (QED) is 0.605. The number of H-pyrrole nitrogens is 1. The molecule has 0 aliphatic carbocycles. The van der Waals surface area contributed by atoms with Gasteiger partial charge in [0.1, 0.15) is 11.5 Å². The van der Waals surface area contributed by atoms with Gasteiger partial charge in [0.05, 0.1) is 31.2 Å². The molecule has 2 aromatic heterocycles. The molecule has 0 aliphatic heterocycles. The van der Waals surface area contributed by atoms with Crippen LogP contribution in [0.5, 0.6) is 11.5 Å². The number of aryl methyl sites for hydroxylation is 1.